The van der Waals surface area contributed by atoms with Crippen LogP contribution < -0.4 is 9.97 Å². The SMILES string of the molecule is COC(=O)c1ccc(Sc2cccc3c2-c2nc-3nc3[n-]c(nc4nc(nc5[n-]c(n2)c2ccccc52)-c2cccc(Sc5ccc(C(=O)OC)cc5)c2-4)c2cccc(Sc4ccc(C(=O)OC)cc4)c32)cc1.[Cu+2]. The van der Waals surface area contributed by atoms with E-state index < -0.39 is 17.9 Å². The number of aromatic nitrogens is 8. The number of fused-ring (bicyclic) bond motifs is 20. The monoisotopic (exact) mass is 1070 g/mol. The number of carbonyl (C=O) groups is 3. The van der Waals surface area contributed by atoms with E-state index in [0.717, 1.165) is 73.2 Å². The van der Waals surface area contributed by atoms with Crippen LogP contribution in [-0.2, 0) is 31.3 Å². The van der Waals surface area contributed by atoms with Crippen molar-refractivity contribution in [2.24, 2.45) is 0 Å². The number of esters is 3. The van der Waals surface area contributed by atoms with Crippen molar-refractivity contribution >= 4 is 97.3 Å². The second-order valence-corrected chi connectivity index (χ2v) is 19.8. The van der Waals surface area contributed by atoms with Gasteiger partial charge in [0.25, 0.3) is 0 Å². The van der Waals surface area contributed by atoms with Gasteiger partial charge in [0.15, 0.2) is 0 Å². The van der Waals surface area contributed by atoms with Crippen LogP contribution in [0.25, 0.3) is 89.7 Å². The predicted octanol–water partition coefficient (Wildman–Crippen LogP) is 11.9. The van der Waals surface area contributed by atoms with Crippen molar-refractivity contribution in [3.8, 4) is 45.6 Å². The average molecular weight is 1070 g/mol. The average Bonchev–Trinajstić information content (AvgIpc) is 4.18. The molecule has 0 aliphatic carbocycles. The maximum atomic E-state index is 12.4. The van der Waals surface area contributed by atoms with Gasteiger partial charge < -0.3 is 44.1 Å². The van der Waals surface area contributed by atoms with Crippen LogP contribution in [0.1, 0.15) is 31.1 Å². The predicted molar refractivity (Wildman–Crippen MR) is 280 cm³/mol. The van der Waals surface area contributed by atoms with Gasteiger partial charge in [-0.05, 0) is 107 Å². The molecule has 2 aliphatic heterocycles. The standard InChI is InChI=1S/C56H34N8O6S3.Cu/c1-68-54(65)29-17-23-32(24-18-29)71-40-14-6-11-37-43(40)52-60-48(37)58-46-35-9-4-5-10-36(35)47(57-46)59-51-44-38(12-7-15-41(44)72-33-25-19-30(20-26-33)55(66)69-2)49(61-51)63-53-45-39(50(62-52)64-53)13-8-16-42(45)73-34-27-21-31(22-28-34)56(67)70-3;/h4-28H,1-3H3;/q-2;+2. The Morgan fingerprint density at radius 2 is 0.730 bits per heavy atom. The van der Waals surface area contributed by atoms with Crippen molar-refractivity contribution in [2.45, 2.75) is 29.4 Å². The number of hydrogen-bond acceptors (Lipinski definition) is 15. The van der Waals surface area contributed by atoms with Gasteiger partial charge in [-0.1, -0.05) is 95.9 Å². The Bertz CT molecular complexity index is 4020. The second kappa shape index (κ2) is 20.1. The zero-order valence-electron chi connectivity index (χ0n) is 39.0. The van der Waals surface area contributed by atoms with E-state index in [2.05, 4.69) is 0 Å². The summed E-state index contributed by atoms with van der Waals surface area (Å²) in [5, 5.41) is 2.99. The molecule has 0 atom stereocenters. The Morgan fingerprint density at radius 1 is 0.378 bits per heavy atom. The number of benzene rings is 7. The van der Waals surface area contributed by atoms with Gasteiger partial charge in [0.05, 0.1) is 61.3 Å². The van der Waals surface area contributed by atoms with E-state index in [1.54, 1.807) is 36.4 Å². The first kappa shape index (κ1) is 48.2. The quantitative estimate of drug-likeness (QED) is 0.0754. The summed E-state index contributed by atoms with van der Waals surface area (Å²) in [5.74, 6) is 0.307. The third-order valence-electron chi connectivity index (χ3n) is 12.1. The van der Waals surface area contributed by atoms with Crippen molar-refractivity contribution in [1.29, 1.82) is 0 Å². The summed E-state index contributed by atoms with van der Waals surface area (Å²) in [7, 11) is 4.07. The molecule has 10 aromatic rings. The maximum Gasteiger partial charge on any atom is 2.00 e. The summed E-state index contributed by atoms with van der Waals surface area (Å²) < 4.78 is 14.8. The molecule has 0 amide bonds. The van der Waals surface area contributed by atoms with Gasteiger partial charge >= 0.3 is 35.0 Å². The van der Waals surface area contributed by atoms with Crippen molar-refractivity contribution in [2.75, 3.05) is 21.3 Å². The van der Waals surface area contributed by atoms with Crippen molar-refractivity contribution in [3.05, 3.63) is 168 Å². The molecular formula is C56H34CuN8O6S3. The number of ether oxygens (including phenoxy) is 3. The molecule has 0 saturated heterocycles. The first-order chi connectivity index (χ1) is 35.7. The summed E-state index contributed by atoms with van der Waals surface area (Å²) in [6, 6.07) is 47.2. The summed E-state index contributed by atoms with van der Waals surface area (Å²) in [5.41, 5.74) is 5.87. The largest absolute Gasteiger partial charge is 2.00 e. The number of nitrogens with zero attached hydrogens (tertiary/aromatic N) is 8. The minimum Gasteiger partial charge on any atom is -0.465 e. The molecule has 363 valence electrons. The van der Waals surface area contributed by atoms with Crippen LogP contribution in [-0.4, -0.2) is 69.1 Å². The molecule has 0 N–H and O–H groups in total. The van der Waals surface area contributed by atoms with Crippen LogP contribution in [0.4, 0.5) is 0 Å². The van der Waals surface area contributed by atoms with Gasteiger partial charge in [0, 0.05) is 79.6 Å². The summed E-state index contributed by atoms with van der Waals surface area (Å²) in [4.78, 5) is 83.8. The van der Waals surface area contributed by atoms with Gasteiger partial charge in [-0.15, -0.1) is 0 Å². The molecule has 2 aliphatic rings. The fourth-order valence-corrected chi connectivity index (χ4v) is 11.6. The van der Waals surface area contributed by atoms with Crippen LogP contribution >= 0.6 is 35.3 Å². The Balaban J connectivity index is 0.00000588. The van der Waals surface area contributed by atoms with E-state index in [0.29, 0.717) is 62.6 Å². The Kier molecular flexibility index (Phi) is 13.1. The van der Waals surface area contributed by atoms with E-state index in [-0.39, 0.29) is 17.1 Å². The van der Waals surface area contributed by atoms with Gasteiger partial charge in [-0.2, -0.15) is 0 Å². The normalized spacial score (nSPS) is 11.4. The number of methoxy groups -OCH3 is 3. The smallest absolute Gasteiger partial charge is 0.465 e. The molecule has 12 rings (SSSR count). The molecule has 0 spiro atoms. The van der Waals surface area contributed by atoms with Crippen LogP contribution in [0, 0.1) is 0 Å². The van der Waals surface area contributed by atoms with E-state index >= 15 is 0 Å². The zero-order chi connectivity index (χ0) is 49.7. The second-order valence-electron chi connectivity index (χ2n) is 16.4. The van der Waals surface area contributed by atoms with Crippen LogP contribution in [0.3, 0.4) is 0 Å². The van der Waals surface area contributed by atoms with Crippen LogP contribution in [0.2, 0.25) is 0 Å². The van der Waals surface area contributed by atoms with E-state index in [9.17, 15) is 14.4 Å². The summed E-state index contributed by atoms with van der Waals surface area (Å²) in [6.07, 6.45) is 0. The molecule has 8 bridgehead atoms. The molecule has 0 unspecified atom stereocenters. The minimum atomic E-state index is -0.425. The third kappa shape index (κ3) is 8.86. The van der Waals surface area contributed by atoms with Crippen molar-refractivity contribution in [3.63, 3.8) is 0 Å². The molecule has 0 fully saturated rings. The van der Waals surface area contributed by atoms with Gasteiger partial charge in [-0.3, -0.25) is 0 Å². The molecule has 0 saturated carbocycles. The first-order valence-corrected chi connectivity index (χ1v) is 25.0. The number of hydrogen-bond donors (Lipinski definition) is 0. The molecule has 18 heteroatoms. The summed E-state index contributed by atoms with van der Waals surface area (Å²) >= 11 is 4.50. The Hall–Kier alpha value is -8.12. The van der Waals surface area contributed by atoms with Gasteiger partial charge in [0.1, 0.15) is 0 Å². The van der Waals surface area contributed by atoms with E-state index in [4.69, 9.17) is 54.1 Å². The molecule has 74 heavy (non-hydrogen) atoms. The molecule has 7 aromatic carbocycles. The van der Waals surface area contributed by atoms with Crippen LogP contribution in [0.15, 0.2) is 181 Å². The number of carbonyl (C=O) groups excluding carboxylic acids is 3. The zero-order valence-corrected chi connectivity index (χ0v) is 42.4. The molecule has 3 aromatic heterocycles. The molecule has 14 nitrogen and oxygen atoms in total. The first-order valence-electron chi connectivity index (χ1n) is 22.5. The fourth-order valence-electron chi connectivity index (χ4n) is 8.62. The van der Waals surface area contributed by atoms with E-state index in [1.165, 1.54) is 56.6 Å². The van der Waals surface area contributed by atoms with Gasteiger partial charge in [0.2, 0.25) is 0 Å². The molecular weight excluding hydrogens is 1040 g/mol. The molecule has 5 heterocycles. The Labute approximate surface area is 444 Å². The van der Waals surface area contributed by atoms with Crippen molar-refractivity contribution < 1.29 is 45.7 Å². The minimum absolute atomic E-state index is 0. The van der Waals surface area contributed by atoms with Crippen LogP contribution in [0.5, 0.6) is 0 Å². The third-order valence-corrected chi connectivity index (χ3v) is 15.3. The maximum absolute atomic E-state index is 12.4. The van der Waals surface area contributed by atoms with Gasteiger partial charge in [-0.25, -0.2) is 24.4 Å². The van der Waals surface area contributed by atoms with E-state index in [1.807, 2.05) is 115 Å². The number of rotatable bonds is 9. The summed E-state index contributed by atoms with van der Waals surface area (Å²) in [6.45, 7) is 0. The van der Waals surface area contributed by atoms with Crippen molar-refractivity contribution in [1.82, 2.24) is 39.9 Å². The topological polar surface area (TPSA) is 184 Å². The fraction of sp³-hybridized carbons (Fsp3) is 0.0536. The molecule has 1 radical (unpaired) electrons. The Morgan fingerprint density at radius 3 is 1.18 bits per heavy atom.